The lowest BCUT2D eigenvalue weighted by molar-refractivity contribution is -0.133. The molecule has 176 valence electrons. The number of piperidine rings is 1. The molecule has 7 nitrogen and oxygen atoms in total. The van der Waals surface area contributed by atoms with Gasteiger partial charge in [0.2, 0.25) is 5.91 Å². The van der Waals surface area contributed by atoms with E-state index in [0.29, 0.717) is 13.1 Å². The van der Waals surface area contributed by atoms with Crippen LogP contribution in [0.2, 0.25) is 0 Å². The first-order valence-corrected chi connectivity index (χ1v) is 12.4. The third kappa shape index (κ3) is 3.45. The first-order valence-electron chi connectivity index (χ1n) is 12.4. The fourth-order valence-electron chi connectivity index (χ4n) is 6.00. The Kier molecular flexibility index (Phi) is 5.27. The van der Waals surface area contributed by atoms with E-state index in [1.54, 1.807) is 7.05 Å². The molecule has 3 aromatic rings. The van der Waals surface area contributed by atoms with Gasteiger partial charge in [-0.05, 0) is 37.8 Å². The smallest absolute Gasteiger partial charge is 0.345 e. The number of rotatable bonds is 3. The summed E-state index contributed by atoms with van der Waals surface area (Å²) in [6.07, 6.45) is 6.10. The van der Waals surface area contributed by atoms with Crippen molar-refractivity contribution < 1.29 is 9.53 Å². The van der Waals surface area contributed by atoms with Crippen molar-refractivity contribution in [2.24, 2.45) is 7.05 Å². The highest BCUT2D eigenvalue weighted by Crippen LogP contribution is 2.45. The van der Waals surface area contributed by atoms with Crippen LogP contribution in [0.25, 0.3) is 0 Å². The second-order valence-electron chi connectivity index (χ2n) is 9.78. The average Bonchev–Trinajstić information content (AvgIpc) is 3.50. The Balaban J connectivity index is 1.24. The first kappa shape index (κ1) is 21.2. The lowest BCUT2D eigenvalue weighted by atomic mass is 9.85. The molecule has 0 bridgehead atoms. The van der Waals surface area contributed by atoms with Crippen molar-refractivity contribution in [3.63, 3.8) is 0 Å². The number of hydrogen-bond donors (Lipinski definition) is 0. The number of amides is 1. The van der Waals surface area contributed by atoms with Crippen LogP contribution in [0.4, 0.5) is 0 Å². The summed E-state index contributed by atoms with van der Waals surface area (Å²) in [6.45, 7) is 1.33. The Hall–Kier alpha value is -3.35. The molecule has 1 saturated heterocycles. The van der Waals surface area contributed by atoms with Gasteiger partial charge in [-0.2, -0.15) is 5.10 Å². The molecule has 3 aliphatic rings. The van der Waals surface area contributed by atoms with Crippen LogP contribution in [0.15, 0.2) is 53.3 Å². The van der Waals surface area contributed by atoms with Crippen LogP contribution in [-0.2, 0) is 11.8 Å². The Morgan fingerprint density at radius 2 is 1.50 bits per heavy atom. The summed E-state index contributed by atoms with van der Waals surface area (Å²) in [6, 6.07) is 15.9. The van der Waals surface area contributed by atoms with Gasteiger partial charge in [-0.1, -0.05) is 49.2 Å². The molecule has 0 N–H and O–H groups in total. The maximum atomic E-state index is 13.9. The summed E-state index contributed by atoms with van der Waals surface area (Å²) in [7, 11) is 1.75. The molecular weight excluding hydrogens is 428 g/mol. The van der Waals surface area contributed by atoms with Crippen LogP contribution in [0.3, 0.4) is 0 Å². The predicted molar refractivity (Wildman–Crippen MR) is 128 cm³/mol. The number of aromatic nitrogens is 3. The topological polar surface area (TPSA) is 69.4 Å². The van der Waals surface area contributed by atoms with E-state index >= 15 is 0 Å². The molecule has 2 aliphatic heterocycles. The summed E-state index contributed by atoms with van der Waals surface area (Å²) >= 11 is 0. The van der Waals surface area contributed by atoms with Gasteiger partial charge in [0, 0.05) is 43.2 Å². The monoisotopic (exact) mass is 458 g/mol. The van der Waals surface area contributed by atoms with Crippen molar-refractivity contribution >= 4 is 5.91 Å². The highest BCUT2D eigenvalue weighted by Gasteiger charge is 2.37. The molecule has 1 saturated carbocycles. The van der Waals surface area contributed by atoms with Gasteiger partial charge >= 0.3 is 5.69 Å². The second-order valence-corrected chi connectivity index (χ2v) is 9.78. The van der Waals surface area contributed by atoms with Crippen molar-refractivity contribution in [3.05, 3.63) is 76.0 Å². The zero-order chi connectivity index (χ0) is 23.2. The van der Waals surface area contributed by atoms with Gasteiger partial charge in [0.1, 0.15) is 17.3 Å². The number of carbonyl (C=O) groups is 1. The molecule has 1 aliphatic carbocycles. The van der Waals surface area contributed by atoms with E-state index in [4.69, 9.17) is 4.74 Å². The minimum Gasteiger partial charge on any atom is -0.457 e. The van der Waals surface area contributed by atoms with Gasteiger partial charge < -0.3 is 9.64 Å². The second kappa shape index (κ2) is 8.46. The van der Waals surface area contributed by atoms with Gasteiger partial charge in [0.15, 0.2) is 0 Å². The summed E-state index contributed by atoms with van der Waals surface area (Å²) in [5.74, 6) is 2.38. The lowest BCUT2D eigenvalue weighted by Gasteiger charge is -2.36. The molecule has 0 unspecified atom stereocenters. The lowest BCUT2D eigenvalue weighted by Crippen LogP contribution is -2.42. The van der Waals surface area contributed by atoms with Crippen molar-refractivity contribution in [2.75, 3.05) is 13.1 Å². The molecule has 0 radical (unpaired) electrons. The predicted octanol–water partition coefficient (Wildman–Crippen LogP) is 4.34. The third-order valence-corrected chi connectivity index (χ3v) is 7.77. The Morgan fingerprint density at radius 3 is 2.12 bits per heavy atom. The third-order valence-electron chi connectivity index (χ3n) is 7.77. The molecule has 6 rings (SSSR count). The molecule has 2 aromatic carbocycles. The Bertz CT molecular complexity index is 1230. The van der Waals surface area contributed by atoms with Gasteiger partial charge in [0.25, 0.3) is 0 Å². The van der Waals surface area contributed by atoms with E-state index in [1.165, 1.54) is 17.5 Å². The largest absolute Gasteiger partial charge is 0.457 e. The van der Waals surface area contributed by atoms with Crippen LogP contribution < -0.4 is 10.4 Å². The SMILES string of the molecule is Cn1nc(C2CCN(C(=O)C3c4ccccc4Oc4ccccc43)CC2)n(C2CCCC2)c1=O. The van der Waals surface area contributed by atoms with Gasteiger partial charge in [-0.3, -0.25) is 9.36 Å². The summed E-state index contributed by atoms with van der Waals surface area (Å²) < 4.78 is 9.53. The highest BCUT2D eigenvalue weighted by atomic mass is 16.5. The van der Waals surface area contributed by atoms with Gasteiger partial charge in [0.05, 0.1) is 5.92 Å². The van der Waals surface area contributed by atoms with Crippen LogP contribution in [0.1, 0.15) is 73.4 Å². The number of fused-ring (bicyclic) bond motifs is 2. The fraction of sp³-hybridized carbons (Fsp3) is 0.444. The minimum atomic E-state index is -0.357. The average molecular weight is 459 g/mol. The van der Waals surface area contributed by atoms with E-state index < -0.39 is 0 Å². The zero-order valence-corrected chi connectivity index (χ0v) is 19.5. The number of carbonyl (C=O) groups excluding carboxylic acids is 1. The molecule has 34 heavy (non-hydrogen) atoms. The normalized spacial score (nSPS) is 19.0. The fourth-order valence-corrected chi connectivity index (χ4v) is 6.00. The van der Waals surface area contributed by atoms with Crippen molar-refractivity contribution in [2.45, 2.75) is 56.4 Å². The number of nitrogens with zero attached hydrogens (tertiary/aromatic N) is 4. The van der Waals surface area contributed by atoms with Gasteiger partial charge in [-0.25, -0.2) is 9.48 Å². The summed E-state index contributed by atoms with van der Waals surface area (Å²) in [5, 5.41) is 4.64. The molecule has 0 atom stereocenters. The standard InChI is InChI=1S/C27H30N4O3/c1-29-27(33)31(19-8-2-3-9-19)25(28-29)18-14-16-30(17-15-18)26(32)24-20-10-4-6-12-22(20)34-23-13-7-5-11-21(23)24/h4-7,10-13,18-19,24H,2-3,8-9,14-17H2,1H3. The number of benzene rings is 2. The van der Waals surface area contributed by atoms with E-state index in [-0.39, 0.29) is 29.5 Å². The molecule has 1 aromatic heterocycles. The van der Waals surface area contributed by atoms with Crippen LogP contribution in [-0.4, -0.2) is 38.2 Å². The van der Waals surface area contributed by atoms with Crippen molar-refractivity contribution in [1.29, 1.82) is 0 Å². The number of para-hydroxylation sites is 2. The molecule has 1 amide bonds. The highest BCUT2D eigenvalue weighted by molar-refractivity contribution is 5.89. The number of hydrogen-bond acceptors (Lipinski definition) is 4. The Labute approximate surface area is 199 Å². The van der Waals surface area contributed by atoms with E-state index in [9.17, 15) is 9.59 Å². The van der Waals surface area contributed by atoms with Gasteiger partial charge in [-0.15, -0.1) is 0 Å². The van der Waals surface area contributed by atoms with Crippen LogP contribution in [0, 0.1) is 0 Å². The molecule has 2 fully saturated rings. The number of aryl methyl sites for hydroxylation is 1. The first-order chi connectivity index (χ1) is 16.6. The quantitative estimate of drug-likeness (QED) is 0.586. The Morgan fingerprint density at radius 1 is 0.912 bits per heavy atom. The number of ether oxygens (including phenoxy) is 1. The minimum absolute atomic E-state index is 0.00387. The van der Waals surface area contributed by atoms with Crippen LogP contribution in [0.5, 0.6) is 11.5 Å². The maximum absolute atomic E-state index is 13.9. The van der Waals surface area contributed by atoms with Crippen LogP contribution >= 0.6 is 0 Å². The summed E-state index contributed by atoms with van der Waals surface area (Å²) in [5.41, 5.74) is 1.84. The van der Waals surface area contributed by atoms with Crippen molar-refractivity contribution in [3.8, 4) is 11.5 Å². The molecule has 7 heteroatoms. The number of likely N-dealkylation sites (tertiary alicyclic amines) is 1. The maximum Gasteiger partial charge on any atom is 0.345 e. The van der Waals surface area contributed by atoms with E-state index in [2.05, 4.69) is 5.10 Å². The zero-order valence-electron chi connectivity index (χ0n) is 19.5. The van der Waals surface area contributed by atoms with E-state index in [1.807, 2.05) is 58.0 Å². The molecule has 0 spiro atoms. The molecule has 3 heterocycles. The van der Waals surface area contributed by atoms with Crippen molar-refractivity contribution in [1.82, 2.24) is 19.2 Å². The summed E-state index contributed by atoms with van der Waals surface area (Å²) in [4.78, 5) is 28.7. The van der Waals surface area contributed by atoms with E-state index in [0.717, 1.165) is 54.1 Å². The molecular formula is C27H30N4O3.